The number of hydrogen-bond acceptors (Lipinski definition) is 8. The van der Waals surface area contributed by atoms with Gasteiger partial charge < -0.3 is 23.8 Å². The van der Waals surface area contributed by atoms with E-state index in [0.29, 0.717) is 24.3 Å². The third-order valence-corrected chi connectivity index (χ3v) is 3.87. The first kappa shape index (κ1) is 23.1. The van der Waals surface area contributed by atoms with E-state index in [1.807, 2.05) is 0 Å². The van der Waals surface area contributed by atoms with Gasteiger partial charge in [0, 0.05) is 12.1 Å². The number of benzene rings is 2. The smallest absolute Gasteiger partial charge is 0.542 e. The van der Waals surface area contributed by atoms with E-state index >= 15 is 0 Å². The normalized spacial score (nSPS) is 10.0. The van der Waals surface area contributed by atoms with Crippen LogP contribution in [-0.4, -0.2) is 32.0 Å². The van der Waals surface area contributed by atoms with Gasteiger partial charge in [0.25, 0.3) is 0 Å². The molecule has 2 amide bonds. The molecule has 0 saturated carbocycles. The van der Waals surface area contributed by atoms with Crippen molar-refractivity contribution in [2.75, 3.05) is 18.1 Å². The number of nitrogens with zero attached hydrogens (tertiary/aromatic N) is 1. The number of imide groups is 1. The van der Waals surface area contributed by atoms with Crippen molar-refractivity contribution in [2.24, 2.45) is 0 Å². The van der Waals surface area contributed by atoms with E-state index in [0.717, 1.165) is 11.0 Å². The number of ether oxygens (including phenoxy) is 2. The largest absolute Gasteiger partial charge is 1.00 e. The predicted octanol–water partition coefficient (Wildman–Crippen LogP) is -2.26. The Balaban J connectivity index is 0.00000320. The third-order valence-electron chi connectivity index (χ3n) is 3.87. The summed E-state index contributed by atoms with van der Waals surface area (Å²) in [6.45, 7) is 0.167. The topological polar surface area (TPSA) is 126 Å². The van der Waals surface area contributed by atoms with E-state index in [4.69, 9.17) is 13.9 Å². The van der Waals surface area contributed by atoms with Crippen molar-refractivity contribution in [3.63, 3.8) is 0 Å². The molecular formula is C20H14NNaO8. The second kappa shape index (κ2) is 10.6. The molecule has 9 nitrogen and oxygen atoms in total. The number of aromatic carboxylic acids is 1. The number of hydrogen-bond donors (Lipinski definition) is 0. The van der Waals surface area contributed by atoms with E-state index in [-0.39, 0.29) is 59.5 Å². The van der Waals surface area contributed by atoms with Crippen LogP contribution in [0.15, 0.2) is 57.7 Å². The molecule has 148 valence electrons. The standard InChI is InChI=1S/C20H15NO8.Na/c22-11-21(12-23)13-3-1-4-14(9-13)27-7-8-28-16-5-2-6-17-19(16)15(24)10-18(29-17)20(25)26;/h1-6,9-12H,7-8H2,(H,25,26);/q;+1/p-1. The van der Waals surface area contributed by atoms with Crippen LogP contribution in [-0.2, 0) is 9.59 Å². The second-order valence-corrected chi connectivity index (χ2v) is 5.70. The molecule has 1 heterocycles. The monoisotopic (exact) mass is 419 g/mol. The summed E-state index contributed by atoms with van der Waals surface area (Å²) in [4.78, 5) is 45.6. The van der Waals surface area contributed by atoms with Crippen LogP contribution in [0.1, 0.15) is 10.6 Å². The van der Waals surface area contributed by atoms with Crippen molar-refractivity contribution in [2.45, 2.75) is 0 Å². The average molecular weight is 419 g/mol. The summed E-state index contributed by atoms with van der Waals surface area (Å²) < 4.78 is 16.2. The van der Waals surface area contributed by atoms with Crippen molar-refractivity contribution < 1.29 is 62.9 Å². The van der Waals surface area contributed by atoms with Crippen molar-refractivity contribution in [1.82, 2.24) is 0 Å². The Labute approximate surface area is 192 Å². The van der Waals surface area contributed by atoms with Crippen LogP contribution in [0.5, 0.6) is 11.5 Å². The van der Waals surface area contributed by atoms with Gasteiger partial charge in [0.2, 0.25) is 12.8 Å². The van der Waals surface area contributed by atoms with Crippen molar-refractivity contribution in [3.05, 3.63) is 64.5 Å². The molecule has 0 fully saturated rings. The maximum absolute atomic E-state index is 12.2. The predicted molar refractivity (Wildman–Crippen MR) is 98.9 cm³/mol. The summed E-state index contributed by atoms with van der Waals surface area (Å²) in [5.74, 6) is -1.53. The molecule has 0 N–H and O–H groups in total. The van der Waals surface area contributed by atoms with Crippen LogP contribution in [0, 0.1) is 0 Å². The van der Waals surface area contributed by atoms with Gasteiger partial charge in [-0.3, -0.25) is 19.3 Å². The quantitative estimate of drug-likeness (QED) is 0.216. The summed E-state index contributed by atoms with van der Waals surface area (Å²) in [7, 11) is 0. The molecule has 0 radical (unpaired) electrons. The van der Waals surface area contributed by atoms with Gasteiger partial charge in [0.1, 0.15) is 41.7 Å². The molecule has 2 aromatic carbocycles. The fourth-order valence-corrected chi connectivity index (χ4v) is 2.59. The summed E-state index contributed by atoms with van der Waals surface area (Å²) in [5.41, 5.74) is -0.160. The molecule has 10 heteroatoms. The SMILES string of the molecule is O=CN(C=O)c1cccc(OCCOc2cccc3oc(C(=O)[O-])cc(=O)c23)c1.[Na+]. The summed E-state index contributed by atoms with van der Waals surface area (Å²) in [6.07, 6.45) is 0.764. The van der Waals surface area contributed by atoms with Crippen molar-refractivity contribution in [3.8, 4) is 11.5 Å². The van der Waals surface area contributed by atoms with Gasteiger partial charge in [-0.15, -0.1) is 0 Å². The van der Waals surface area contributed by atoms with Gasteiger partial charge in [-0.2, -0.15) is 0 Å². The Morgan fingerprint density at radius 2 is 1.73 bits per heavy atom. The zero-order valence-electron chi connectivity index (χ0n) is 15.9. The molecule has 0 spiro atoms. The number of carbonyl (C=O) groups excluding carboxylic acids is 3. The van der Waals surface area contributed by atoms with Crippen LogP contribution < -0.4 is 54.5 Å². The van der Waals surface area contributed by atoms with Gasteiger partial charge in [-0.25, -0.2) is 0 Å². The summed E-state index contributed by atoms with van der Waals surface area (Å²) >= 11 is 0. The van der Waals surface area contributed by atoms with Crippen LogP contribution in [0.2, 0.25) is 0 Å². The third kappa shape index (κ3) is 5.26. The summed E-state index contributed by atoms with van der Waals surface area (Å²) in [5, 5.41) is 11.0. The van der Waals surface area contributed by atoms with Crippen molar-refractivity contribution in [1.29, 1.82) is 0 Å². The first-order valence-electron chi connectivity index (χ1n) is 8.36. The molecule has 0 aliphatic rings. The van der Waals surface area contributed by atoms with Crippen LogP contribution >= 0.6 is 0 Å². The minimum atomic E-state index is -1.59. The molecule has 0 atom stereocenters. The van der Waals surface area contributed by atoms with Crippen molar-refractivity contribution >= 4 is 35.4 Å². The van der Waals surface area contributed by atoms with Gasteiger partial charge in [0.05, 0.1) is 5.69 Å². The maximum Gasteiger partial charge on any atom is 1.00 e. The van der Waals surface area contributed by atoms with E-state index in [1.165, 1.54) is 12.1 Å². The van der Waals surface area contributed by atoms with Gasteiger partial charge in [0.15, 0.2) is 11.2 Å². The first-order chi connectivity index (χ1) is 14.0. The Kier molecular flexibility index (Phi) is 8.16. The van der Waals surface area contributed by atoms with E-state index in [9.17, 15) is 24.3 Å². The summed E-state index contributed by atoms with van der Waals surface area (Å²) in [6, 6.07) is 11.7. The first-order valence-corrected chi connectivity index (χ1v) is 8.36. The number of fused-ring (bicyclic) bond motifs is 1. The Hall–Kier alpha value is -3.14. The van der Waals surface area contributed by atoms with Gasteiger partial charge >= 0.3 is 29.6 Å². The minimum Gasteiger partial charge on any atom is -0.542 e. The zero-order valence-corrected chi connectivity index (χ0v) is 17.9. The van der Waals surface area contributed by atoms with Gasteiger partial charge in [-0.1, -0.05) is 12.1 Å². The Morgan fingerprint density at radius 3 is 2.43 bits per heavy atom. The minimum absolute atomic E-state index is 0. The maximum atomic E-state index is 12.2. The molecule has 3 rings (SSSR count). The number of amides is 2. The van der Waals surface area contributed by atoms with Crippen LogP contribution in [0.3, 0.4) is 0 Å². The van der Waals surface area contributed by atoms with E-state index in [1.54, 1.807) is 30.3 Å². The fourth-order valence-electron chi connectivity index (χ4n) is 2.59. The number of rotatable bonds is 9. The number of carbonyl (C=O) groups is 3. The Bertz CT molecular complexity index is 1120. The number of carboxylic acids is 1. The Morgan fingerprint density at radius 1 is 1.03 bits per heavy atom. The number of anilines is 1. The second-order valence-electron chi connectivity index (χ2n) is 5.70. The molecule has 0 aliphatic carbocycles. The average Bonchev–Trinajstić information content (AvgIpc) is 2.72. The van der Waals surface area contributed by atoms with E-state index < -0.39 is 17.2 Å². The molecule has 0 saturated heterocycles. The van der Waals surface area contributed by atoms with E-state index in [2.05, 4.69) is 0 Å². The molecule has 0 unspecified atom stereocenters. The molecular weight excluding hydrogens is 405 g/mol. The molecule has 30 heavy (non-hydrogen) atoms. The molecule has 3 aromatic rings. The zero-order chi connectivity index (χ0) is 20.8. The van der Waals surface area contributed by atoms with Crippen LogP contribution in [0.4, 0.5) is 5.69 Å². The van der Waals surface area contributed by atoms with Gasteiger partial charge in [-0.05, 0) is 24.3 Å². The molecule has 1 aromatic heterocycles. The fraction of sp³-hybridized carbons (Fsp3) is 0.100. The molecule has 0 bridgehead atoms. The van der Waals surface area contributed by atoms with Crippen LogP contribution in [0.25, 0.3) is 11.0 Å². The number of carboxylic acid groups (broad SMARTS) is 1. The molecule has 0 aliphatic heterocycles.